The molecule has 2 aliphatic carbocycles. The van der Waals surface area contributed by atoms with Gasteiger partial charge in [-0.3, -0.25) is 9.88 Å². The lowest BCUT2D eigenvalue weighted by atomic mass is 9.62. The molecule has 3 aliphatic rings. The molecule has 3 aromatic heterocycles. The molecule has 0 radical (unpaired) electrons. The number of aliphatic hydroxyl groups excluding tert-OH is 1. The number of nitrogens with zero attached hydrogens (tertiary/aromatic N) is 6. The van der Waals surface area contributed by atoms with Gasteiger partial charge in [-0.25, -0.2) is 9.97 Å². The lowest BCUT2D eigenvalue weighted by molar-refractivity contribution is -0.129. The van der Waals surface area contributed by atoms with Gasteiger partial charge in [0.05, 0.1) is 23.4 Å². The molecule has 4 heterocycles. The van der Waals surface area contributed by atoms with Gasteiger partial charge in [-0.15, -0.1) is 0 Å². The Balaban J connectivity index is 1.14. The summed E-state index contributed by atoms with van der Waals surface area (Å²) in [5.41, 5.74) is 2.85. The van der Waals surface area contributed by atoms with Gasteiger partial charge in [0, 0.05) is 41.8 Å². The Morgan fingerprint density at radius 1 is 1.07 bits per heavy atom. The van der Waals surface area contributed by atoms with Crippen molar-refractivity contribution in [3.63, 3.8) is 0 Å². The van der Waals surface area contributed by atoms with Crippen molar-refractivity contribution in [2.24, 2.45) is 5.41 Å². The van der Waals surface area contributed by atoms with Gasteiger partial charge < -0.3 is 19.1 Å². The van der Waals surface area contributed by atoms with Crippen LogP contribution in [0, 0.1) is 5.41 Å². The molecule has 2 saturated carbocycles. The number of halogens is 2. The van der Waals surface area contributed by atoms with Crippen molar-refractivity contribution in [2.75, 3.05) is 26.2 Å². The van der Waals surface area contributed by atoms with Crippen LogP contribution in [0.3, 0.4) is 0 Å². The van der Waals surface area contributed by atoms with Gasteiger partial charge in [0.2, 0.25) is 5.88 Å². The molecule has 40 heavy (non-hydrogen) atoms. The lowest BCUT2D eigenvalue weighted by Crippen LogP contribution is -2.64. The van der Waals surface area contributed by atoms with Crippen LogP contribution < -0.4 is 9.47 Å². The molecule has 4 aromatic rings. The van der Waals surface area contributed by atoms with Crippen molar-refractivity contribution < 1.29 is 14.6 Å². The first kappa shape index (κ1) is 26.0. The number of aliphatic hydroxyl groups is 1. The third kappa shape index (κ3) is 5.00. The van der Waals surface area contributed by atoms with Crippen molar-refractivity contribution in [3.8, 4) is 23.0 Å². The van der Waals surface area contributed by atoms with Crippen LogP contribution >= 0.6 is 23.2 Å². The highest BCUT2D eigenvalue weighted by Gasteiger charge is 2.51. The Labute approximate surface area is 242 Å². The fourth-order valence-corrected chi connectivity index (χ4v) is 6.31. The average Bonchev–Trinajstić information content (AvgIpc) is 3.50. The van der Waals surface area contributed by atoms with Gasteiger partial charge in [-0.2, -0.15) is 4.98 Å². The van der Waals surface area contributed by atoms with E-state index in [1.165, 1.54) is 6.33 Å². The van der Waals surface area contributed by atoms with Crippen molar-refractivity contribution in [1.82, 2.24) is 29.4 Å². The molecule has 7 rings (SSSR count). The van der Waals surface area contributed by atoms with Crippen LogP contribution in [0.4, 0.5) is 0 Å². The topological polar surface area (TPSA) is 98.4 Å². The third-order valence-corrected chi connectivity index (χ3v) is 8.76. The number of rotatable bonds is 9. The molecule has 0 atom stereocenters. The summed E-state index contributed by atoms with van der Waals surface area (Å²) < 4.78 is 14.2. The van der Waals surface area contributed by atoms with E-state index in [4.69, 9.17) is 37.7 Å². The van der Waals surface area contributed by atoms with Crippen LogP contribution in [0.2, 0.25) is 10.0 Å². The maximum atomic E-state index is 9.61. The fraction of sp³-hybridized carbons (Fsp3) is 0.448. The van der Waals surface area contributed by atoms with Crippen LogP contribution in [-0.2, 0) is 6.54 Å². The molecular weight excluding hydrogens is 551 g/mol. The molecule has 1 spiro atoms. The van der Waals surface area contributed by atoms with E-state index in [1.54, 1.807) is 12.3 Å². The fourth-order valence-electron chi connectivity index (χ4n) is 5.87. The minimum atomic E-state index is -0.216. The maximum Gasteiger partial charge on any atom is 0.245 e. The van der Waals surface area contributed by atoms with E-state index in [9.17, 15) is 5.11 Å². The number of aromatic nitrogens is 5. The summed E-state index contributed by atoms with van der Waals surface area (Å²) in [6, 6.07) is 9.23. The average molecular weight is 582 g/mol. The van der Waals surface area contributed by atoms with Crippen LogP contribution in [0.25, 0.3) is 22.6 Å². The number of ether oxygens (including phenoxy) is 2. The predicted molar refractivity (Wildman–Crippen MR) is 152 cm³/mol. The molecule has 1 saturated heterocycles. The number of imidazole rings is 1. The van der Waals surface area contributed by atoms with Crippen molar-refractivity contribution >= 4 is 34.4 Å². The van der Waals surface area contributed by atoms with E-state index in [-0.39, 0.29) is 11.7 Å². The molecule has 1 aromatic carbocycles. The van der Waals surface area contributed by atoms with E-state index in [1.807, 2.05) is 28.8 Å². The summed E-state index contributed by atoms with van der Waals surface area (Å²) in [6.45, 7) is 5.96. The van der Waals surface area contributed by atoms with Crippen molar-refractivity contribution in [2.45, 2.75) is 50.9 Å². The Kier molecular flexibility index (Phi) is 6.38. The number of benzene rings is 1. The number of pyridine rings is 1. The normalized spacial score (nSPS) is 19.4. The van der Waals surface area contributed by atoms with Crippen molar-refractivity contribution in [3.05, 3.63) is 58.6 Å². The summed E-state index contributed by atoms with van der Waals surface area (Å²) >= 11 is 13.1. The number of likely N-dealkylation sites (tertiary alicyclic amines) is 1. The number of hydrogen-bond donors (Lipinski definition) is 1. The summed E-state index contributed by atoms with van der Waals surface area (Å²) in [6.07, 6.45) is 6.89. The van der Waals surface area contributed by atoms with E-state index in [2.05, 4.69) is 26.8 Å². The highest BCUT2D eigenvalue weighted by atomic mass is 35.5. The molecular formula is C29H30Cl2N6O3. The van der Waals surface area contributed by atoms with Gasteiger partial charge in [0.15, 0.2) is 11.2 Å². The third-order valence-electron chi connectivity index (χ3n) is 8.21. The number of fused-ring (bicyclic) bond motifs is 1. The number of hydrogen-bond acceptors (Lipinski definition) is 8. The van der Waals surface area contributed by atoms with Crippen LogP contribution in [-0.4, -0.2) is 72.5 Å². The molecule has 9 nitrogen and oxygen atoms in total. The molecule has 11 heteroatoms. The minimum absolute atomic E-state index is 0.110. The van der Waals surface area contributed by atoms with E-state index >= 15 is 0 Å². The van der Waals surface area contributed by atoms with Gasteiger partial charge >= 0.3 is 0 Å². The minimum Gasteiger partial charge on any atom is -0.492 e. The summed E-state index contributed by atoms with van der Waals surface area (Å²) in [7, 11) is 0. The quantitative estimate of drug-likeness (QED) is 0.295. The first-order chi connectivity index (χ1) is 19.3. The molecule has 0 amide bonds. The Morgan fingerprint density at radius 3 is 2.62 bits per heavy atom. The monoisotopic (exact) mass is 580 g/mol. The highest BCUT2D eigenvalue weighted by Crippen LogP contribution is 2.48. The van der Waals surface area contributed by atoms with Crippen molar-refractivity contribution in [1.29, 1.82) is 0 Å². The molecule has 0 unspecified atom stereocenters. The smallest absolute Gasteiger partial charge is 0.245 e. The lowest BCUT2D eigenvalue weighted by Gasteiger charge is -2.57. The largest absolute Gasteiger partial charge is 0.492 e. The van der Waals surface area contributed by atoms with Gasteiger partial charge in [-0.05, 0) is 62.9 Å². The zero-order valence-corrected chi connectivity index (χ0v) is 23.7. The molecule has 3 fully saturated rings. The van der Waals surface area contributed by atoms with E-state index in [0.717, 1.165) is 56.6 Å². The van der Waals surface area contributed by atoms with E-state index < -0.39 is 0 Å². The second-order valence-corrected chi connectivity index (χ2v) is 12.5. The Bertz CT molecular complexity index is 1580. The van der Waals surface area contributed by atoms with Gasteiger partial charge in [0.1, 0.15) is 30.1 Å². The maximum absolute atomic E-state index is 9.61. The SMILES string of the molecule is CC1(Oc2ncnc3c2nc(-c2ccc(OCCN4CC5(CC(O)C5)C4)cc2Cl)n3Cc2cc(Cl)ccn2)CC1. The summed E-state index contributed by atoms with van der Waals surface area (Å²) in [4.78, 5) is 20.8. The zero-order chi connectivity index (χ0) is 27.5. The Morgan fingerprint density at radius 2 is 1.90 bits per heavy atom. The standard InChI is InChI=1S/C29H30Cl2N6O3/c1-28(5-6-28)40-27-24-26(33-17-34-27)37(14-19-10-18(30)4-7-32-19)25(35-24)22-3-2-21(11-23(22)31)39-9-8-36-15-29(16-36)12-20(38)13-29/h2-4,7,10-11,17,20,38H,5-6,8-9,12-16H2,1H3. The first-order valence-electron chi connectivity index (χ1n) is 13.6. The Hall–Kier alpha value is -2.98. The van der Waals surface area contributed by atoms with Gasteiger partial charge in [-0.1, -0.05) is 23.2 Å². The predicted octanol–water partition coefficient (Wildman–Crippen LogP) is 5.01. The highest BCUT2D eigenvalue weighted by molar-refractivity contribution is 6.33. The second kappa shape index (κ2) is 9.83. The molecule has 1 aliphatic heterocycles. The molecule has 0 bridgehead atoms. The van der Waals surface area contributed by atoms with E-state index in [0.29, 0.717) is 57.2 Å². The second-order valence-electron chi connectivity index (χ2n) is 11.7. The summed E-state index contributed by atoms with van der Waals surface area (Å²) in [5.74, 6) is 1.80. The molecule has 1 N–H and O–H groups in total. The van der Waals surface area contributed by atoms with Crippen LogP contribution in [0.1, 0.15) is 38.3 Å². The molecule has 208 valence electrons. The zero-order valence-electron chi connectivity index (χ0n) is 22.2. The van der Waals surface area contributed by atoms with Gasteiger partial charge in [0.25, 0.3) is 0 Å². The summed E-state index contributed by atoms with van der Waals surface area (Å²) in [5, 5.41) is 10.7. The first-order valence-corrected chi connectivity index (χ1v) is 14.4. The van der Waals surface area contributed by atoms with Crippen LogP contribution in [0.15, 0.2) is 42.9 Å². The van der Waals surface area contributed by atoms with Crippen LogP contribution in [0.5, 0.6) is 11.6 Å².